The van der Waals surface area contributed by atoms with Gasteiger partial charge in [-0.1, -0.05) is 36.8 Å². The molecule has 0 heterocycles. The number of hydrogen-bond acceptors (Lipinski definition) is 2. The molecule has 18 heavy (non-hydrogen) atoms. The molecule has 1 rings (SSSR count). The Hall–Kier alpha value is -0.860. The standard InChI is InChI=1S/C16H27NO/c1-4-16(17(3)11-5-6-12-18)13-15-9-7-14(2)8-10-15/h7-10,16,18H,4-6,11-13H2,1-3H3. The van der Waals surface area contributed by atoms with Crippen LogP contribution in [0.15, 0.2) is 24.3 Å². The molecule has 0 aromatic heterocycles. The first-order chi connectivity index (χ1) is 8.67. The van der Waals surface area contributed by atoms with E-state index < -0.39 is 0 Å². The van der Waals surface area contributed by atoms with Gasteiger partial charge in [0.05, 0.1) is 0 Å². The summed E-state index contributed by atoms with van der Waals surface area (Å²) in [5.74, 6) is 0. The van der Waals surface area contributed by atoms with Crippen molar-refractivity contribution in [3.63, 3.8) is 0 Å². The zero-order chi connectivity index (χ0) is 13.4. The van der Waals surface area contributed by atoms with Crippen molar-refractivity contribution in [3.05, 3.63) is 35.4 Å². The van der Waals surface area contributed by atoms with Crippen molar-refractivity contribution in [1.29, 1.82) is 0 Å². The van der Waals surface area contributed by atoms with Crippen LogP contribution >= 0.6 is 0 Å². The molecule has 0 saturated heterocycles. The van der Waals surface area contributed by atoms with Gasteiger partial charge < -0.3 is 10.0 Å². The molecule has 1 aromatic carbocycles. The van der Waals surface area contributed by atoms with E-state index in [4.69, 9.17) is 5.11 Å². The van der Waals surface area contributed by atoms with Crippen LogP contribution in [0.2, 0.25) is 0 Å². The molecule has 0 spiro atoms. The molecular formula is C16H27NO. The molecule has 2 heteroatoms. The lowest BCUT2D eigenvalue weighted by Gasteiger charge is -2.27. The summed E-state index contributed by atoms with van der Waals surface area (Å²) in [5, 5.41) is 8.82. The number of aryl methyl sites for hydroxylation is 1. The lowest BCUT2D eigenvalue weighted by Crippen LogP contribution is -2.33. The maximum atomic E-state index is 8.82. The molecule has 0 aliphatic carbocycles. The number of nitrogens with zero attached hydrogens (tertiary/aromatic N) is 1. The summed E-state index contributed by atoms with van der Waals surface area (Å²) in [7, 11) is 2.19. The Morgan fingerprint density at radius 2 is 1.83 bits per heavy atom. The lowest BCUT2D eigenvalue weighted by molar-refractivity contribution is 0.216. The molecule has 1 aromatic rings. The first kappa shape index (κ1) is 15.2. The number of unbranched alkanes of at least 4 members (excludes halogenated alkanes) is 1. The van der Waals surface area contributed by atoms with Gasteiger partial charge in [0, 0.05) is 12.6 Å². The molecule has 1 unspecified atom stereocenters. The zero-order valence-corrected chi connectivity index (χ0v) is 12.0. The molecule has 102 valence electrons. The van der Waals surface area contributed by atoms with Gasteiger partial charge >= 0.3 is 0 Å². The highest BCUT2D eigenvalue weighted by Crippen LogP contribution is 2.12. The third-order valence-corrected chi connectivity index (χ3v) is 3.61. The Balaban J connectivity index is 2.47. The van der Waals surface area contributed by atoms with Crippen LogP contribution in [-0.2, 0) is 6.42 Å². The zero-order valence-electron chi connectivity index (χ0n) is 12.0. The van der Waals surface area contributed by atoms with Gasteiger partial charge in [0.15, 0.2) is 0 Å². The van der Waals surface area contributed by atoms with Crippen molar-refractivity contribution in [3.8, 4) is 0 Å². The predicted molar refractivity (Wildman–Crippen MR) is 77.9 cm³/mol. The Kier molecular flexibility index (Phi) is 6.99. The number of aliphatic hydroxyl groups excluding tert-OH is 1. The van der Waals surface area contributed by atoms with Gasteiger partial charge in [-0.25, -0.2) is 0 Å². The fraction of sp³-hybridized carbons (Fsp3) is 0.625. The van der Waals surface area contributed by atoms with Crippen LogP contribution < -0.4 is 0 Å². The van der Waals surface area contributed by atoms with Crippen LogP contribution in [0.3, 0.4) is 0 Å². The monoisotopic (exact) mass is 249 g/mol. The summed E-state index contributed by atoms with van der Waals surface area (Å²) >= 11 is 0. The first-order valence-corrected chi connectivity index (χ1v) is 7.04. The van der Waals surface area contributed by atoms with Crippen LogP contribution in [-0.4, -0.2) is 36.2 Å². The van der Waals surface area contributed by atoms with Gasteiger partial charge in [0.1, 0.15) is 0 Å². The molecule has 0 bridgehead atoms. The Morgan fingerprint density at radius 1 is 1.17 bits per heavy atom. The van der Waals surface area contributed by atoms with Crippen LogP contribution in [0, 0.1) is 6.92 Å². The van der Waals surface area contributed by atoms with E-state index in [-0.39, 0.29) is 0 Å². The minimum atomic E-state index is 0.308. The fourth-order valence-corrected chi connectivity index (χ4v) is 2.26. The van der Waals surface area contributed by atoms with Gasteiger partial charge in [0.25, 0.3) is 0 Å². The van der Waals surface area contributed by atoms with Gasteiger partial charge in [-0.2, -0.15) is 0 Å². The van der Waals surface area contributed by atoms with Gasteiger partial charge in [-0.3, -0.25) is 0 Å². The van der Waals surface area contributed by atoms with E-state index in [2.05, 4.69) is 50.1 Å². The molecule has 0 amide bonds. The summed E-state index contributed by atoms with van der Waals surface area (Å²) in [4.78, 5) is 2.43. The van der Waals surface area contributed by atoms with E-state index >= 15 is 0 Å². The maximum absolute atomic E-state index is 8.82. The molecule has 2 nitrogen and oxygen atoms in total. The summed E-state index contributed by atoms with van der Waals surface area (Å²) < 4.78 is 0. The molecule has 0 aliphatic heterocycles. The number of rotatable bonds is 8. The molecule has 0 saturated carbocycles. The Bertz CT molecular complexity index is 320. The predicted octanol–water partition coefficient (Wildman–Crippen LogP) is 3.02. The second-order valence-electron chi connectivity index (χ2n) is 5.16. The second kappa shape index (κ2) is 8.28. The number of hydrogen-bond donors (Lipinski definition) is 1. The highest BCUT2D eigenvalue weighted by molar-refractivity contribution is 5.22. The van der Waals surface area contributed by atoms with E-state index in [1.54, 1.807) is 0 Å². The van der Waals surface area contributed by atoms with Crippen molar-refractivity contribution in [2.24, 2.45) is 0 Å². The SMILES string of the molecule is CCC(Cc1ccc(C)cc1)N(C)CCCCO. The minimum Gasteiger partial charge on any atom is -0.396 e. The van der Waals surface area contributed by atoms with Crippen LogP contribution in [0.4, 0.5) is 0 Å². The van der Waals surface area contributed by atoms with Crippen molar-refractivity contribution in [2.75, 3.05) is 20.2 Å². The lowest BCUT2D eigenvalue weighted by atomic mass is 10.0. The summed E-state index contributed by atoms with van der Waals surface area (Å²) in [6, 6.07) is 9.45. The largest absolute Gasteiger partial charge is 0.396 e. The molecule has 1 N–H and O–H groups in total. The van der Waals surface area contributed by atoms with Crippen LogP contribution in [0.1, 0.15) is 37.3 Å². The smallest absolute Gasteiger partial charge is 0.0431 e. The van der Waals surface area contributed by atoms with Crippen LogP contribution in [0.5, 0.6) is 0 Å². The Labute approximate surface area is 112 Å². The average molecular weight is 249 g/mol. The first-order valence-electron chi connectivity index (χ1n) is 7.04. The van der Waals surface area contributed by atoms with E-state index in [9.17, 15) is 0 Å². The Morgan fingerprint density at radius 3 is 2.39 bits per heavy atom. The summed E-state index contributed by atoms with van der Waals surface area (Å²) in [6.07, 6.45) is 4.28. The highest BCUT2D eigenvalue weighted by atomic mass is 16.2. The van der Waals surface area contributed by atoms with Crippen LogP contribution in [0.25, 0.3) is 0 Å². The van der Waals surface area contributed by atoms with E-state index in [0.717, 1.165) is 25.8 Å². The van der Waals surface area contributed by atoms with Crippen molar-refractivity contribution >= 4 is 0 Å². The minimum absolute atomic E-state index is 0.308. The van der Waals surface area contributed by atoms with Gasteiger partial charge in [-0.15, -0.1) is 0 Å². The molecule has 1 atom stereocenters. The quantitative estimate of drug-likeness (QED) is 0.716. The maximum Gasteiger partial charge on any atom is 0.0431 e. The summed E-state index contributed by atoms with van der Waals surface area (Å²) in [5.41, 5.74) is 2.74. The van der Waals surface area contributed by atoms with Gasteiger partial charge in [0.2, 0.25) is 0 Å². The topological polar surface area (TPSA) is 23.5 Å². The van der Waals surface area contributed by atoms with E-state index in [1.165, 1.54) is 17.5 Å². The number of likely N-dealkylation sites (N-methyl/N-ethyl adjacent to an activating group) is 1. The van der Waals surface area contributed by atoms with Gasteiger partial charge in [-0.05, 0) is 51.8 Å². The van der Waals surface area contributed by atoms with E-state index in [0.29, 0.717) is 12.6 Å². The number of aliphatic hydroxyl groups is 1. The fourth-order valence-electron chi connectivity index (χ4n) is 2.26. The molecule has 0 aliphatic rings. The molecule has 0 fully saturated rings. The van der Waals surface area contributed by atoms with Crippen molar-refractivity contribution < 1.29 is 5.11 Å². The van der Waals surface area contributed by atoms with Crippen molar-refractivity contribution in [2.45, 2.75) is 45.6 Å². The number of benzene rings is 1. The normalized spacial score (nSPS) is 12.9. The third-order valence-electron chi connectivity index (χ3n) is 3.61. The highest BCUT2D eigenvalue weighted by Gasteiger charge is 2.12. The third kappa shape index (κ3) is 5.19. The molecule has 0 radical (unpaired) electrons. The summed E-state index contributed by atoms with van der Waals surface area (Å²) in [6.45, 7) is 5.76. The van der Waals surface area contributed by atoms with E-state index in [1.807, 2.05) is 0 Å². The molecular weight excluding hydrogens is 222 g/mol. The van der Waals surface area contributed by atoms with Crippen molar-refractivity contribution in [1.82, 2.24) is 4.90 Å². The average Bonchev–Trinajstić information content (AvgIpc) is 2.38. The second-order valence-corrected chi connectivity index (χ2v) is 5.16.